The van der Waals surface area contributed by atoms with Crippen LogP contribution in [0.5, 0.6) is 0 Å². The van der Waals surface area contributed by atoms with Gasteiger partial charge < -0.3 is 9.32 Å². The van der Waals surface area contributed by atoms with Gasteiger partial charge in [0.25, 0.3) is 0 Å². The van der Waals surface area contributed by atoms with Gasteiger partial charge in [-0.1, -0.05) is 127 Å². The first-order valence-corrected chi connectivity index (χ1v) is 19.5. The number of rotatable bonds is 6. The van der Waals surface area contributed by atoms with Crippen LogP contribution < -0.4 is 4.90 Å². The van der Waals surface area contributed by atoms with E-state index in [4.69, 9.17) is 4.42 Å². The van der Waals surface area contributed by atoms with Crippen molar-refractivity contribution in [3.8, 4) is 33.4 Å². The highest BCUT2D eigenvalue weighted by atomic mass is 32.1. The van der Waals surface area contributed by atoms with E-state index in [0.717, 1.165) is 50.1 Å². The highest BCUT2D eigenvalue weighted by Gasteiger charge is 2.16. The van der Waals surface area contributed by atoms with E-state index < -0.39 is 0 Å². The van der Waals surface area contributed by atoms with Gasteiger partial charge in [-0.2, -0.15) is 0 Å². The van der Waals surface area contributed by atoms with Crippen LogP contribution >= 0.6 is 11.3 Å². The standard InChI is InChI=1S/C52H33NOS/c1-2-10-36-29-39(20-19-34(36)9-1)35-21-25-42(26-22-35)53(43-13-7-11-37(30-43)40-24-28-50-48(32-40)45-15-3-5-17-49(45)54-50)44-14-8-12-38(31-44)41-23-27-47-46-16-4-6-18-51(46)55-52(47)33-41/h1-33H. The second-order valence-corrected chi connectivity index (χ2v) is 15.2. The zero-order chi connectivity index (χ0) is 36.3. The zero-order valence-electron chi connectivity index (χ0n) is 29.8. The molecule has 11 aromatic rings. The van der Waals surface area contributed by atoms with Crippen LogP contribution in [-0.4, -0.2) is 0 Å². The van der Waals surface area contributed by atoms with E-state index in [2.05, 4.69) is 193 Å². The summed E-state index contributed by atoms with van der Waals surface area (Å²) in [7, 11) is 0. The maximum absolute atomic E-state index is 6.16. The summed E-state index contributed by atoms with van der Waals surface area (Å²) in [5.41, 5.74) is 12.2. The molecule has 0 unspecified atom stereocenters. The molecule has 0 atom stereocenters. The fourth-order valence-electron chi connectivity index (χ4n) is 8.08. The number of thiophene rings is 1. The fourth-order valence-corrected chi connectivity index (χ4v) is 9.22. The van der Waals surface area contributed by atoms with Crippen LogP contribution in [0.2, 0.25) is 0 Å². The Bertz CT molecular complexity index is 3220. The minimum absolute atomic E-state index is 0.903. The summed E-state index contributed by atoms with van der Waals surface area (Å²) in [5, 5.41) is 7.39. The molecule has 0 amide bonds. The molecule has 3 heteroatoms. The van der Waals surface area contributed by atoms with E-state index in [1.165, 1.54) is 53.2 Å². The van der Waals surface area contributed by atoms with Crippen LogP contribution in [0.15, 0.2) is 205 Å². The molecule has 0 N–H and O–H groups in total. The van der Waals surface area contributed by atoms with E-state index in [1.54, 1.807) is 0 Å². The van der Waals surface area contributed by atoms with Gasteiger partial charge in [0.1, 0.15) is 11.2 Å². The van der Waals surface area contributed by atoms with E-state index in [0.29, 0.717) is 0 Å². The van der Waals surface area contributed by atoms with Crippen molar-refractivity contribution in [2.75, 3.05) is 4.90 Å². The zero-order valence-corrected chi connectivity index (χ0v) is 30.6. The predicted molar refractivity (Wildman–Crippen MR) is 235 cm³/mol. The number of furan rings is 1. The average molecular weight is 720 g/mol. The summed E-state index contributed by atoms with van der Waals surface area (Å²) in [4.78, 5) is 2.38. The number of para-hydroxylation sites is 1. The van der Waals surface area contributed by atoms with E-state index in [9.17, 15) is 0 Å². The molecule has 0 saturated heterocycles. The maximum atomic E-state index is 6.16. The Balaban J connectivity index is 1.03. The second-order valence-electron chi connectivity index (χ2n) is 14.2. The molecular weight excluding hydrogens is 687 g/mol. The van der Waals surface area contributed by atoms with Gasteiger partial charge in [-0.15, -0.1) is 11.3 Å². The Morgan fingerprint density at radius 1 is 0.309 bits per heavy atom. The van der Waals surface area contributed by atoms with Crippen molar-refractivity contribution in [3.05, 3.63) is 200 Å². The number of anilines is 3. The van der Waals surface area contributed by atoms with Gasteiger partial charge in [-0.25, -0.2) is 0 Å². The Morgan fingerprint density at radius 2 is 0.891 bits per heavy atom. The molecule has 0 bridgehead atoms. The van der Waals surface area contributed by atoms with Gasteiger partial charge >= 0.3 is 0 Å². The van der Waals surface area contributed by atoms with Crippen molar-refractivity contribution in [3.63, 3.8) is 0 Å². The van der Waals surface area contributed by atoms with E-state index in [-0.39, 0.29) is 0 Å². The van der Waals surface area contributed by atoms with Gasteiger partial charge in [-0.05, 0) is 117 Å². The number of fused-ring (bicyclic) bond motifs is 7. The van der Waals surface area contributed by atoms with Gasteiger partial charge in [0.05, 0.1) is 0 Å². The van der Waals surface area contributed by atoms with Crippen LogP contribution in [0.1, 0.15) is 0 Å². The first-order valence-electron chi connectivity index (χ1n) is 18.6. The van der Waals surface area contributed by atoms with Gasteiger partial charge in [0, 0.05) is 48.0 Å². The lowest BCUT2D eigenvalue weighted by molar-refractivity contribution is 0.669. The van der Waals surface area contributed by atoms with Crippen molar-refractivity contribution in [1.29, 1.82) is 0 Å². The third-order valence-electron chi connectivity index (χ3n) is 10.8. The second kappa shape index (κ2) is 12.9. The molecule has 2 nitrogen and oxygen atoms in total. The van der Waals surface area contributed by atoms with Crippen LogP contribution in [-0.2, 0) is 0 Å². The third kappa shape index (κ3) is 5.56. The monoisotopic (exact) mass is 719 g/mol. The first-order chi connectivity index (χ1) is 27.2. The Kier molecular flexibility index (Phi) is 7.39. The van der Waals surface area contributed by atoms with Crippen molar-refractivity contribution in [2.24, 2.45) is 0 Å². The van der Waals surface area contributed by atoms with Crippen LogP contribution in [0.25, 0.3) is 86.3 Å². The summed E-state index contributed by atoms with van der Waals surface area (Å²) < 4.78 is 8.79. The SMILES string of the molecule is c1cc(-c2ccc3c(c2)sc2ccccc23)cc(N(c2ccc(-c3ccc4ccccc4c3)cc2)c2cccc(-c3ccc4oc5ccccc5c4c3)c2)c1. The first kappa shape index (κ1) is 31.6. The molecule has 55 heavy (non-hydrogen) atoms. The van der Waals surface area contributed by atoms with Crippen molar-refractivity contribution in [1.82, 2.24) is 0 Å². The van der Waals surface area contributed by atoms with Crippen LogP contribution in [0.3, 0.4) is 0 Å². The summed E-state index contributed by atoms with van der Waals surface area (Å²) in [6, 6.07) is 72.4. The minimum atomic E-state index is 0.903. The Morgan fingerprint density at radius 3 is 1.71 bits per heavy atom. The predicted octanol–water partition coefficient (Wildman–Crippen LogP) is 15.6. The molecule has 0 radical (unpaired) electrons. The largest absolute Gasteiger partial charge is 0.456 e. The summed E-state index contributed by atoms with van der Waals surface area (Å²) in [6.07, 6.45) is 0. The van der Waals surface area contributed by atoms with Gasteiger partial charge in [0.15, 0.2) is 0 Å². The molecule has 0 aliphatic carbocycles. The Labute approximate surface area is 322 Å². The lowest BCUT2D eigenvalue weighted by Crippen LogP contribution is -2.10. The molecule has 258 valence electrons. The molecular formula is C52H33NOS. The number of hydrogen-bond donors (Lipinski definition) is 0. The molecule has 0 aliphatic heterocycles. The average Bonchev–Trinajstić information content (AvgIpc) is 3.82. The molecule has 2 heterocycles. The fraction of sp³-hybridized carbons (Fsp3) is 0. The topological polar surface area (TPSA) is 16.4 Å². The molecule has 2 aromatic heterocycles. The quantitative estimate of drug-likeness (QED) is 0.170. The summed E-state index contributed by atoms with van der Waals surface area (Å²) in [5.74, 6) is 0. The van der Waals surface area contributed by atoms with Crippen molar-refractivity contribution in [2.45, 2.75) is 0 Å². The van der Waals surface area contributed by atoms with Gasteiger partial charge in [0.2, 0.25) is 0 Å². The summed E-state index contributed by atoms with van der Waals surface area (Å²) >= 11 is 1.86. The normalized spacial score (nSPS) is 11.6. The number of benzene rings is 9. The molecule has 9 aromatic carbocycles. The highest BCUT2D eigenvalue weighted by molar-refractivity contribution is 7.25. The molecule has 0 aliphatic rings. The maximum Gasteiger partial charge on any atom is 0.135 e. The van der Waals surface area contributed by atoms with E-state index >= 15 is 0 Å². The molecule has 0 fully saturated rings. The van der Waals surface area contributed by atoms with E-state index in [1.807, 2.05) is 23.5 Å². The minimum Gasteiger partial charge on any atom is -0.456 e. The Hall–Kier alpha value is -6.94. The van der Waals surface area contributed by atoms with Crippen LogP contribution in [0, 0.1) is 0 Å². The molecule has 0 saturated carbocycles. The van der Waals surface area contributed by atoms with Crippen molar-refractivity contribution >= 4 is 81.3 Å². The number of hydrogen-bond acceptors (Lipinski definition) is 3. The molecule has 0 spiro atoms. The van der Waals surface area contributed by atoms with Crippen molar-refractivity contribution < 1.29 is 4.42 Å². The third-order valence-corrected chi connectivity index (χ3v) is 12.0. The van der Waals surface area contributed by atoms with Crippen LogP contribution in [0.4, 0.5) is 17.1 Å². The lowest BCUT2D eigenvalue weighted by atomic mass is 9.99. The lowest BCUT2D eigenvalue weighted by Gasteiger charge is -2.27. The van der Waals surface area contributed by atoms with Gasteiger partial charge in [-0.3, -0.25) is 0 Å². The summed E-state index contributed by atoms with van der Waals surface area (Å²) in [6.45, 7) is 0. The smallest absolute Gasteiger partial charge is 0.135 e. The molecule has 11 rings (SSSR count). The highest BCUT2D eigenvalue weighted by Crippen LogP contribution is 2.41. The number of nitrogens with zero attached hydrogens (tertiary/aromatic N) is 1.